The Labute approximate surface area is 156 Å². The van der Waals surface area contributed by atoms with Crippen LogP contribution in [0.5, 0.6) is 11.5 Å². The first-order valence-corrected chi connectivity index (χ1v) is 8.82. The summed E-state index contributed by atoms with van der Waals surface area (Å²) in [7, 11) is -4.60. The summed E-state index contributed by atoms with van der Waals surface area (Å²) in [5.41, 5.74) is 0.263. The van der Waals surface area contributed by atoms with Gasteiger partial charge in [0.1, 0.15) is 0 Å². The van der Waals surface area contributed by atoms with Gasteiger partial charge in [0.2, 0.25) is 6.79 Å². The fourth-order valence-corrected chi connectivity index (χ4v) is 3.26. The van der Waals surface area contributed by atoms with E-state index in [-0.39, 0.29) is 12.4 Å². The van der Waals surface area contributed by atoms with E-state index < -0.39 is 42.0 Å². The third-order valence-electron chi connectivity index (χ3n) is 3.57. The number of hydrogen-bond donors (Lipinski definition) is 2. The van der Waals surface area contributed by atoms with Gasteiger partial charge in [-0.2, -0.15) is 0 Å². The number of nitro benzene ring substituents is 2. The van der Waals surface area contributed by atoms with Crippen molar-refractivity contribution in [2.45, 2.75) is 4.90 Å². The topological polar surface area (TPSA) is 180 Å². The van der Waals surface area contributed by atoms with Gasteiger partial charge in [-0.15, -0.1) is 4.83 Å². The number of carbonyl (C=O) groups excluding carboxylic acids is 1. The highest BCUT2D eigenvalue weighted by atomic mass is 32.2. The number of carbonyl (C=O) groups is 1. The molecule has 0 aromatic heterocycles. The standard InChI is InChI=1S/C14H10N4O9S/c19-14(8-1-3-11-12(5-8)27-7-26-11)15-16-28(24,25)13-4-2-9(17(20)21)6-10(13)18(22)23/h1-6,16H,7H2,(H,15,19). The van der Waals surface area contributed by atoms with E-state index in [2.05, 4.69) is 0 Å². The van der Waals surface area contributed by atoms with Crippen molar-refractivity contribution >= 4 is 27.3 Å². The first-order valence-electron chi connectivity index (χ1n) is 7.33. The predicted molar refractivity (Wildman–Crippen MR) is 90.1 cm³/mol. The first kappa shape index (κ1) is 19.0. The normalized spacial score (nSPS) is 12.4. The van der Waals surface area contributed by atoms with Gasteiger partial charge in [0.15, 0.2) is 16.4 Å². The van der Waals surface area contributed by atoms with Gasteiger partial charge in [-0.1, -0.05) is 0 Å². The van der Waals surface area contributed by atoms with Crippen LogP contribution in [0.25, 0.3) is 0 Å². The van der Waals surface area contributed by atoms with Crippen LogP contribution in [0.15, 0.2) is 41.3 Å². The summed E-state index contributed by atoms with van der Waals surface area (Å²) in [6.07, 6.45) is 0. The Hall–Kier alpha value is -3.78. The minimum atomic E-state index is -4.60. The van der Waals surface area contributed by atoms with Crippen LogP contribution in [-0.2, 0) is 10.0 Å². The number of sulfonamides is 1. The molecule has 3 rings (SSSR count). The predicted octanol–water partition coefficient (Wildman–Crippen LogP) is 0.855. The zero-order valence-corrected chi connectivity index (χ0v) is 14.5. The Bertz CT molecular complexity index is 1100. The summed E-state index contributed by atoms with van der Waals surface area (Å²) in [5.74, 6) is -0.161. The quantitative estimate of drug-likeness (QED) is 0.515. The molecule has 1 aliphatic rings. The number of fused-ring (bicyclic) bond motifs is 1. The summed E-state index contributed by atoms with van der Waals surface area (Å²) in [5, 5.41) is 21.8. The third kappa shape index (κ3) is 3.67. The number of non-ortho nitro benzene ring substituents is 1. The lowest BCUT2D eigenvalue weighted by Crippen LogP contribution is -2.41. The second-order valence-corrected chi connectivity index (χ2v) is 6.94. The van der Waals surface area contributed by atoms with Crippen LogP contribution in [0.1, 0.15) is 10.4 Å². The summed E-state index contributed by atoms with van der Waals surface area (Å²) in [6, 6.07) is 6.12. The molecule has 2 aromatic rings. The molecule has 0 bridgehead atoms. The Morgan fingerprint density at radius 1 is 1.00 bits per heavy atom. The third-order valence-corrected chi connectivity index (χ3v) is 4.87. The molecule has 1 amide bonds. The monoisotopic (exact) mass is 410 g/mol. The van der Waals surface area contributed by atoms with E-state index in [1.165, 1.54) is 18.2 Å². The minimum Gasteiger partial charge on any atom is -0.454 e. The maximum atomic E-state index is 12.3. The summed E-state index contributed by atoms with van der Waals surface area (Å²) in [4.78, 5) is 32.8. The molecule has 14 heteroatoms. The first-order chi connectivity index (χ1) is 13.2. The number of nitro groups is 2. The Balaban J connectivity index is 1.81. The van der Waals surface area contributed by atoms with E-state index in [1.807, 2.05) is 5.43 Å². The van der Waals surface area contributed by atoms with E-state index >= 15 is 0 Å². The summed E-state index contributed by atoms with van der Waals surface area (Å²) in [6.45, 7) is -0.0170. The lowest BCUT2D eigenvalue weighted by molar-refractivity contribution is -0.396. The van der Waals surface area contributed by atoms with Crippen molar-refractivity contribution in [3.05, 3.63) is 62.2 Å². The van der Waals surface area contributed by atoms with E-state index in [0.29, 0.717) is 23.6 Å². The molecule has 0 aliphatic carbocycles. The zero-order chi connectivity index (χ0) is 20.5. The number of ether oxygens (including phenoxy) is 2. The number of rotatable bonds is 6. The zero-order valence-electron chi connectivity index (χ0n) is 13.6. The highest BCUT2D eigenvalue weighted by Gasteiger charge is 2.29. The van der Waals surface area contributed by atoms with Crippen molar-refractivity contribution in [3.8, 4) is 11.5 Å². The molecule has 28 heavy (non-hydrogen) atoms. The van der Waals surface area contributed by atoms with Crippen LogP contribution < -0.4 is 19.7 Å². The molecule has 0 spiro atoms. The molecule has 0 saturated heterocycles. The van der Waals surface area contributed by atoms with Crippen molar-refractivity contribution in [2.24, 2.45) is 0 Å². The summed E-state index contributed by atoms with van der Waals surface area (Å²) < 4.78 is 34.8. The van der Waals surface area contributed by atoms with Crippen molar-refractivity contribution in [1.29, 1.82) is 0 Å². The molecular formula is C14H10N4O9S. The number of amides is 1. The van der Waals surface area contributed by atoms with Gasteiger partial charge in [0.25, 0.3) is 27.3 Å². The second-order valence-electron chi connectivity index (χ2n) is 5.29. The fourth-order valence-electron chi connectivity index (χ4n) is 2.27. The molecule has 0 atom stereocenters. The molecule has 0 unspecified atom stereocenters. The number of nitrogens with zero attached hydrogens (tertiary/aromatic N) is 2. The molecule has 13 nitrogen and oxygen atoms in total. The van der Waals surface area contributed by atoms with Gasteiger partial charge >= 0.3 is 0 Å². The van der Waals surface area contributed by atoms with Gasteiger partial charge in [-0.05, 0) is 24.3 Å². The SMILES string of the molecule is O=C(NNS(=O)(=O)c1ccc([N+](=O)[O-])cc1[N+](=O)[O-])c1ccc2c(c1)OCO2. The molecule has 0 radical (unpaired) electrons. The Morgan fingerprint density at radius 2 is 1.71 bits per heavy atom. The molecule has 146 valence electrons. The molecule has 0 saturated carbocycles. The minimum absolute atomic E-state index is 0.0170. The van der Waals surface area contributed by atoms with Gasteiger partial charge in [0, 0.05) is 11.6 Å². The molecule has 0 fully saturated rings. The molecule has 1 heterocycles. The number of hydrogen-bond acceptors (Lipinski definition) is 9. The second kappa shape index (κ2) is 7.09. The highest BCUT2D eigenvalue weighted by Crippen LogP contribution is 2.32. The highest BCUT2D eigenvalue weighted by molar-refractivity contribution is 7.89. The van der Waals surface area contributed by atoms with Crippen LogP contribution >= 0.6 is 0 Å². The van der Waals surface area contributed by atoms with Crippen molar-refractivity contribution < 1.29 is 32.5 Å². The van der Waals surface area contributed by atoms with Gasteiger partial charge < -0.3 is 9.47 Å². The Morgan fingerprint density at radius 3 is 2.39 bits per heavy atom. The Kier molecular flexibility index (Phi) is 4.81. The van der Waals surface area contributed by atoms with Crippen LogP contribution in [0.3, 0.4) is 0 Å². The van der Waals surface area contributed by atoms with Gasteiger partial charge in [0.05, 0.1) is 15.9 Å². The molecular weight excluding hydrogens is 400 g/mol. The maximum Gasteiger partial charge on any atom is 0.296 e. The van der Waals surface area contributed by atoms with E-state index in [4.69, 9.17) is 9.47 Å². The molecule has 2 aromatic carbocycles. The maximum absolute atomic E-state index is 12.3. The largest absolute Gasteiger partial charge is 0.454 e. The van der Waals surface area contributed by atoms with Crippen LogP contribution in [0.2, 0.25) is 0 Å². The van der Waals surface area contributed by atoms with Gasteiger partial charge in [-0.25, -0.2) is 8.42 Å². The lowest BCUT2D eigenvalue weighted by Gasteiger charge is -2.09. The van der Waals surface area contributed by atoms with Gasteiger partial charge in [-0.3, -0.25) is 30.4 Å². The average molecular weight is 410 g/mol. The van der Waals surface area contributed by atoms with Crippen LogP contribution in [0.4, 0.5) is 11.4 Å². The van der Waals surface area contributed by atoms with Crippen LogP contribution in [-0.4, -0.2) is 31.0 Å². The average Bonchev–Trinajstić information content (AvgIpc) is 3.13. The van der Waals surface area contributed by atoms with Crippen molar-refractivity contribution in [1.82, 2.24) is 10.3 Å². The number of nitrogens with one attached hydrogen (secondary N) is 2. The number of benzene rings is 2. The van der Waals surface area contributed by atoms with E-state index in [9.17, 15) is 33.4 Å². The summed E-state index contributed by atoms with van der Waals surface area (Å²) >= 11 is 0. The van der Waals surface area contributed by atoms with E-state index in [0.717, 1.165) is 6.07 Å². The lowest BCUT2D eigenvalue weighted by atomic mass is 10.2. The molecule has 1 aliphatic heterocycles. The van der Waals surface area contributed by atoms with Crippen molar-refractivity contribution in [3.63, 3.8) is 0 Å². The van der Waals surface area contributed by atoms with Crippen LogP contribution in [0, 0.1) is 20.2 Å². The van der Waals surface area contributed by atoms with Crippen molar-refractivity contribution in [2.75, 3.05) is 6.79 Å². The molecule has 2 N–H and O–H groups in total. The smallest absolute Gasteiger partial charge is 0.296 e. The fraction of sp³-hybridized carbons (Fsp3) is 0.0714. The van der Waals surface area contributed by atoms with E-state index in [1.54, 1.807) is 4.83 Å². The number of hydrazine groups is 1.